The second kappa shape index (κ2) is 10.9. The summed E-state index contributed by atoms with van der Waals surface area (Å²) in [6.45, 7) is 1.82. The van der Waals surface area contributed by atoms with Gasteiger partial charge in [0.15, 0.2) is 0 Å². The first kappa shape index (κ1) is 23.5. The summed E-state index contributed by atoms with van der Waals surface area (Å²) in [6.07, 6.45) is 4.96. The molecule has 0 aliphatic carbocycles. The number of sulfonamides is 1. The van der Waals surface area contributed by atoms with Gasteiger partial charge < -0.3 is 10.2 Å². The molecule has 1 aliphatic heterocycles. The van der Waals surface area contributed by atoms with Gasteiger partial charge >= 0.3 is 0 Å². The molecule has 7 nitrogen and oxygen atoms in total. The molecule has 0 radical (unpaired) electrons. The van der Waals surface area contributed by atoms with Gasteiger partial charge in [0.25, 0.3) is 5.91 Å². The van der Waals surface area contributed by atoms with Gasteiger partial charge in [0.1, 0.15) is 11.6 Å². The molecule has 0 saturated carbocycles. The maximum absolute atomic E-state index is 12.7. The van der Waals surface area contributed by atoms with Gasteiger partial charge in [0.2, 0.25) is 10.0 Å². The topological polar surface area (TPSA) is 116 Å². The van der Waals surface area contributed by atoms with E-state index in [0.717, 1.165) is 24.8 Å². The van der Waals surface area contributed by atoms with Crippen LogP contribution in [0.25, 0.3) is 0 Å². The van der Waals surface area contributed by atoms with E-state index in [0.29, 0.717) is 32.0 Å². The third-order valence-electron chi connectivity index (χ3n) is 5.68. The van der Waals surface area contributed by atoms with E-state index < -0.39 is 10.0 Å². The SMILES string of the molecule is N#C/C(=C/NCCc1ccc(S(N)(=O)=O)cc1)C(=O)N1CCC(Cc2ccccc2)CC1. The number of likely N-dealkylation sites (tertiary alicyclic amines) is 1. The Hall–Kier alpha value is -3.15. The zero-order valence-electron chi connectivity index (χ0n) is 17.9. The van der Waals surface area contributed by atoms with Crippen molar-refractivity contribution in [2.24, 2.45) is 11.1 Å². The van der Waals surface area contributed by atoms with Crippen LogP contribution in [0.4, 0.5) is 0 Å². The zero-order valence-corrected chi connectivity index (χ0v) is 18.7. The summed E-state index contributed by atoms with van der Waals surface area (Å²) < 4.78 is 22.6. The number of piperidine rings is 1. The van der Waals surface area contributed by atoms with Crippen LogP contribution in [0.1, 0.15) is 24.0 Å². The standard InChI is InChI=1S/C24H28N4O3S/c25-17-22(18-27-13-10-19-6-8-23(9-7-19)32(26,30)31)24(29)28-14-11-21(12-15-28)16-20-4-2-1-3-5-20/h1-9,18,21,27H,10-16H2,(H2,26,30,31)/b22-18-. The average molecular weight is 453 g/mol. The van der Waals surface area contributed by atoms with Crippen LogP contribution in [0.2, 0.25) is 0 Å². The molecule has 2 aromatic rings. The smallest absolute Gasteiger partial charge is 0.265 e. The van der Waals surface area contributed by atoms with Crippen LogP contribution < -0.4 is 10.5 Å². The zero-order chi connectivity index (χ0) is 23.0. The lowest BCUT2D eigenvalue weighted by atomic mass is 9.90. The lowest BCUT2D eigenvalue weighted by molar-refractivity contribution is -0.128. The molecular formula is C24H28N4O3S. The van der Waals surface area contributed by atoms with Crippen molar-refractivity contribution in [3.63, 3.8) is 0 Å². The van der Waals surface area contributed by atoms with Crippen molar-refractivity contribution < 1.29 is 13.2 Å². The molecule has 1 aliphatic rings. The quantitative estimate of drug-likeness (QED) is 0.362. The highest BCUT2D eigenvalue weighted by Crippen LogP contribution is 2.22. The molecule has 0 unspecified atom stereocenters. The van der Waals surface area contributed by atoms with E-state index in [-0.39, 0.29) is 16.4 Å². The molecule has 32 heavy (non-hydrogen) atoms. The summed E-state index contributed by atoms with van der Waals surface area (Å²) in [5.41, 5.74) is 2.33. The Morgan fingerprint density at radius 3 is 2.34 bits per heavy atom. The summed E-state index contributed by atoms with van der Waals surface area (Å²) in [7, 11) is -3.70. The van der Waals surface area contributed by atoms with E-state index >= 15 is 0 Å². The number of nitriles is 1. The van der Waals surface area contributed by atoms with Crippen molar-refractivity contribution in [3.05, 3.63) is 77.5 Å². The highest BCUT2D eigenvalue weighted by Gasteiger charge is 2.25. The fourth-order valence-corrected chi connectivity index (χ4v) is 4.35. The molecule has 1 amide bonds. The molecule has 3 rings (SSSR count). The van der Waals surface area contributed by atoms with Crippen molar-refractivity contribution in [3.8, 4) is 6.07 Å². The Labute approximate surface area is 189 Å². The summed E-state index contributed by atoms with van der Waals surface area (Å²) in [5.74, 6) is 0.311. The summed E-state index contributed by atoms with van der Waals surface area (Å²) >= 11 is 0. The van der Waals surface area contributed by atoms with E-state index in [4.69, 9.17) is 5.14 Å². The van der Waals surface area contributed by atoms with Crippen LogP contribution >= 0.6 is 0 Å². The van der Waals surface area contributed by atoms with E-state index in [2.05, 4.69) is 17.4 Å². The number of carbonyl (C=O) groups is 1. The Morgan fingerprint density at radius 2 is 1.75 bits per heavy atom. The number of primary sulfonamides is 1. The monoisotopic (exact) mass is 452 g/mol. The molecule has 2 aromatic carbocycles. The Bertz CT molecular complexity index is 1080. The fraction of sp³-hybridized carbons (Fsp3) is 0.333. The number of hydrogen-bond donors (Lipinski definition) is 2. The minimum absolute atomic E-state index is 0.0685. The maximum atomic E-state index is 12.7. The number of carbonyl (C=O) groups excluding carboxylic acids is 1. The molecule has 0 spiro atoms. The number of hydrogen-bond acceptors (Lipinski definition) is 5. The molecule has 0 bridgehead atoms. The van der Waals surface area contributed by atoms with E-state index in [1.807, 2.05) is 24.3 Å². The van der Waals surface area contributed by atoms with Crippen LogP contribution in [-0.4, -0.2) is 38.9 Å². The van der Waals surface area contributed by atoms with Crippen LogP contribution in [0.15, 0.2) is 71.3 Å². The van der Waals surface area contributed by atoms with Gasteiger partial charge in [0, 0.05) is 25.8 Å². The highest BCUT2D eigenvalue weighted by atomic mass is 32.2. The number of nitrogens with one attached hydrogen (secondary N) is 1. The minimum atomic E-state index is -3.70. The molecule has 1 saturated heterocycles. The lowest BCUT2D eigenvalue weighted by Gasteiger charge is -2.32. The van der Waals surface area contributed by atoms with Gasteiger partial charge in [-0.1, -0.05) is 42.5 Å². The van der Waals surface area contributed by atoms with Gasteiger partial charge in [0.05, 0.1) is 4.90 Å². The van der Waals surface area contributed by atoms with Crippen molar-refractivity contribution >= 4 is 15.9 Å². The van der Waals surface area contributed by atoms with Crippen molar-refractivity contribution in [2.45, 2.75) is 30.6 Å². The highest BCUT2D eigenvalue weighted by molar-refractivity contribution is 7.89. The van der Waals surface area contributed by atoms with Gasteiger partial charge in [-0.25, -0.2) is 13.6 Å². The first-order valence-electron chi connectivity index (χ1n) is 10.7. The molecule has 8 heteroatoms. The Morgan fingerprint density at radius 1 is 1.09 bits per heavy atom. The molecular weight excluding hydrogens is 424 g/mol. The van der Waals surface area contributed by atoms with E-state index in [9.17, 15) is 18.5 Å². The molecule has 1 fully saturated rings. The third kappa shape index (κ3) is 6.67. The Balaban J connectivity index is 1.45. The van der Waals surface area contributed by atoms with Crippen LogP contribution in [0.5, 0.6) is 0 Å². The first-order valence-corrected chi connectivity index (χ1v) is 12.2. The average Bonchev–Trinajstić information content (AvgIpc) is 2.80. The fourth-order valence-electron chi connectivity index (χ4n) is 3.84. The number of nitrogens with zero attached hydrogens (tertiary/aromatic N) is 2. The van der Waals surface area contributed by atoms with Gasteiger partial charge in [-0.3, -0.25) is 4.79 Å². The molecule has 1 heterocycles. The van der Waals surface area contributed by atoms with Crippen molar-refractivity contribution in [1.29, 1.82) is 5.26 Å². The largest absolute Gasteiger partial charge is 0.389 e. The first-order chi connectivity index (χ1) is 15.4. The minimum Gasteiger partial charge on any atom is -0.389 e. The third-order valence-corrected chi connectivity index (χ3v) is 6.61. The van der Waals surface area contributed by atoms with Crippen LogP contribution in [0.3, 0.4) is 0 Å². The van der Waals surface area contributed by atoms with E-state index in [1.165, 1.54) is 23.9 Å². The summed E-state index contributed by atoms with van der Waals surface area (Å²) in [6, 6.07) is 18.7. The molecule has 0 atom stereocenters. The number of amides is 1. The van der Waals surface area contributed by atoms with Gasteiger partial charge in [-0.2, -0.15) is 5.26 Å². The molecule has 0 aromatic heterocycles. The predicted octanol–water partition coefficient (Wildman–Crippen LogP) is 2.35. The van der Waals surface area contributed by atoms with Crippen molar-refractivity contribution in [2.75, 3.05) is 19.6 Å². The molecule has 168 valence electrons. The lowest BCUT2D eigenvalue weighted by Crippen LogP contribution is -2.39. The second-order valence-corrected chi connectivity index (χ2v) is 9.55. The molecule has 3 N–H and O–H groups in total. The summed E-state index contributed by atoms with van der Waals surface area (Å²) in [5, 5.41) is 17.5. The summed E-state index contributed by atoms with van der Waals surface area (Å²) in [4.78, 5) is 14.5. The van der Waals surface area contributed by atoms with Crippen LogP contribution in [0, 0.1) is 17.2 Å². The Kier molecular flexibility index (Phi) is 8.03. The maximum Gasteiger partial charge on any atom is 0.265 e. The van der Waals surface area contributed by atoms with Crippen molar-refractivity contribution in [1.82, 2.24) is 10.2 Å². The number of rotatable bonds is 8. The van der Waals surface area contributed by atoms with Gasteiger partial charge in [-0.05, 0) is 54.9 Å². The van der Waals surface area contributed by atoms with Gasteiger partial charge in [-0.15, -0.1) is 0 Å². The second-order valence-electron chi connectivity index (χ2n) is 7.99. The number of nitrogens with two attached hydrogens (primary N) is 1. The normalized spacial score (nSPS) is 15.2. The van der Waals surface area contributed by atoms with E-state index in [1.54, 1.807) is 17.0 Å². The predicted molar refractivity (Wildman–Crippen MR) is 123 cm³/mol. The van der Waals surface area contributed by atoms with Crippen LogP contribution in [-0.2, 0) is 27.7 Å². The number of benzene rings is 2.